The molecule has 1 fully saturated rings. The normalized spacial score (nSPS) is 22.6. The van der Waals surface area contributed by atoms with Crippen LogP contribution in [0.1, 0.15) is 82.1 Å². The van der Waals surface area contributed by atoms with Gasteiger partial charge in [-0.1, -0.05) is 39.0 Å². The molecule has 0 spiro atoms. The van der Waals surface area contributed by atoms with Crippen molar-refractivity contribution < 1.29 is 14.0 Å². The van der Waals surface area contributed by atoms with Gasteiger partial charge in [-0.25, -0.2) is 0 Å². The molecule has 2 amide bonds. The van der Waals surface area contributed by atoms with Gasteiger partial charge in [0.05, 0.1) is 18.3 Å². The van der Waals surface area contributed by atoms with Crippen LogP contribution in [-0.4, -0.2) is 50.9 Å². The van der Waals surface area contributed by atoms with Crippen LogP contribution in [0.2, 0.25) is 0 Å². The number of hydrogen-bond acceptors (Lipinski definition) is 4. The Labute approximate surface area is 195 Å². The molecule has 1 saturated carbocycles. The van der Waals surface area contributed by atoms with Crippen LogP contribution in [0, 0.1) is 0 Å². The van der Waals surface area contributed by atoms with Gasteiger partial charge in [-0.15, -0.1) is 0 Å². The molecule has 7 heteroatoms. The first kappa shape index (κ1) is 23.3. The fraction of sp³-hybridized carbons (Fsp3) is 0.680. The molecule has 0 radical (unpaired) electrons. The van der Waals surface area contributed by atoms with E-state index in [2.05, 4.69) is 12.2 Å². The minimum Gasteiger partial charge on any atom is -0.463 e. The number of amides is 2. The summed E-state index contributed by atoms with van der Waals surface area (Å²) in [5.41, 5.74) is 1.30. The average Bonchev–Trinajstić information content (AvgIpc) is 3.34. The maximum atomic E-state index is 13.7. The summed E-state index contributed by atoms with van der Waals surface area (Å²) in [6.45, 7) is 5.17. The zero-order valence-corrected chi connectivity index (χ0v) is 20.3. The summed E-state index contributed by atoms with van der Waals surface area (Å²) in [7, 11) is 0. The molecule has 1 atom stereocenters. The van der Waals surface area contributed by atoms with Gasteiger partial charge in [-0.2, -0.15) is 11.8 Å². The monoisotopic (exact) mass is 459 g/mol. The third kappa shape index (κ3) is 4.73. The second-order valence-electron chi connectivity index (χ2n) is 9.50. The number of hydrogen-bond donors (Lipinski definition) is 1. The predicted octanol–water partition coefficient (Wildman–Crippen LogP) is 5.21. The zero-order chi connectivity index (χ0) is 22.6. The highest BCUT2D eigenvalue weighted by atomic mass is 32.2. The molecule has 1 N–H and O–H groups in total. The molecular weight excluding hydrogens is 422 g/mol. The van der Waals surface area contributed by atoms with Crippen molar-refractivity contribution in [1.29, 1.82) is 0 Å². The quantitative estimate of drug-likeness (QED) is 0.550. The molecule has 1 unspecified atom stereocenters. The van der Waals surface area contributed by atoms with E-state index in [1.807, 2.05) is 40.3 Å². The van der Waals surface area contributed by atoms with Crippen molar-refractivity contribution in [1.82, 2.24) is 14.8 Å². The third-order valence-corrected chi connectivity index (χ3v) is 8.27. The van der Waals surface area contributed by atoms with E-state index >= 15 is 0 Å². The fourth-order valence-corrected chi connectivity index (χ4v) is 5.96. The molecule has 2 aromatic rings. The predicted molar refractivity (Wildman–Crippen MR) is 130 cm³/mol. The van der Waals surface area contributed by atoms with Crippen LogP contribution in [-0.2, 0) is 11.3 Å². The number of furan rings is 1. The lowest BCUT2D eigenvalue weighted by molar-refractivity contribution is -0.133. The van der Waals surface area contributed by atoms with Crippen LogP contribution >= 0.6 is 11.8 Å². The second kappa shape index (κ2) is 10.4. The van der Waals surface area contributed by atoms with Crippen LogP contribution in [0.15, 0.2) is 22.8 Å². The number of thioether (sulfide) groups is 1. The second-order valence-corrected chi connectivity index (χ2v) is 10.7. The van der Waals surface area contributed by atoms with Crippen LogP contribution < -0.4 is 5.32 Å². The van der Waals surface area contributed by atoms with E-state index < -0.39 is 5.54 Å². The van der Waals surface area contributed by atoms with Crippen molar-refractivity contribution in [2.24, 2.45) is 0 Å². The molecule has 4 rings (SSSR count). The minimum absolute atomic E-state index is 0.0198. The number of nitrogens with one attached hydrogen (secondary N) is 1. The van der Waals surface area contributed by atoms with Crippen molar-refractivity contribution in [3.8, 4) is 0 Å². The zero-order valence-electron chi connectivity index (χ0n) is 19.5. The van der Waals surface area contributed by atoms with Gasteiger partial charge in [-0.05, 0) is 44.1 Å². The lowest BCUT2D eigenvalue weighted by atomic mass is 9.92. The molecule has 6 nitrogen and oxygen atoms in total. The molecule has 0 saturated heterocycles. The van der Waals surface area contributed by atoms with Gasteiger partial charge < -0.3 is 19.2 Å². The number of carbonyl (C=O) groups is 2. The standard InChI is InChI=1S/C25H37N3O3S/c1-3-15-32-16-9-13-28-23(29)21-17-22-20(12-14-31-22)27(21)18-25(28,2)24(30)26-19-10-7-5-4-6-8-11-19/h12,14,17,19H,3-11,13,15-16,18H2,1-2H3,(H,26,30). The lowest BCUT2D eigenvalue weighted by Crippen LogP contribution is -2.65. The first-order valence-corrected chi connectivity index (χ1v) is 13.5. The molecule has 1 aliphatic heterocycles. The Kier molecular flexibility index (Phi) is 7.54. The minimum atomic E-state index is -0.912. The van der Waals surface area contributed by atoms with Crippen LogP contribution in [0.4, 0.5) is 0 Å². The molecule has 2 aromatic heterocycles. The largest absolute Gasteiger partial charge is 0.463 e. The van der Waals surface area contributed by atoms with Crippen LogP contribution in [0.5, 0.6) is 0 Å². The van der Waals surface area contributed by atoms with Crippen molar-refractivity contribution in [2.45, 2.75) is 89.8 Å². The fourth-order valence-electron chi connectivity index (χ4n) is 5.14. The van der Waals surface area contributed by atoms with E-state index in [1.54, 1.807) is 6.26 Å². The Morgan fingerprint density at radius 3 is 2.72 bits per heavy atom. The molecule has 176 valence electrons. The summed E-state index contributed by atoms with van der Waals surface area (Å²) in [5, 5.41) is 3.35. The smallest absolute Gasteiger partial charge is 0.271 e. The van der Waals surface area contributed by atoms with Gasteiger partial charge in [0.1, 0.15) is 11.2 Å². The summed E-state index contributed by atoms with van der Waals surface area (Å²) in [5.74, 6) is 2.04. The molecule has 1 aliphatic carbocycles. The Bertz CT molecular complexity index is 928. The highest BCUT2D eigenvalue weighted by Gasteiger charge is 2.48. The number of aromatic nitrogens is 1. The van der Waals surface area contributed by atoms with Crippen molar-refractivity contribution in [2.75, 3.05) is 18.1 Å². The number of carbonyl (C=O) groups excluding carboxylic acids is 2. The third-order valence-electron chi connectivity index (χ3n) is 7.00. The van der Waals surface area contributed by atoms with Crippen LogP contribution in [0.3, 0.4) is 0 Å². The lowest BCUT2D eigenvalue weighted by Gasteiger charge is -2.44. The Morgan fingerprint density at radius 1 is 1.22 bits per heavy atom. The average molecular weight is 460 g/mol. The van der Waals surface area contributed by atoms with E-state index in [4.69, 9.17) is 4.42 Å². The maximum Gasteiger partial charge on any atom is 0.271 e. The first-order chi connectivity index (χ1) is 15.5. The molecule has 0 bridgehead atoms. The van der Waals surface area contributed by atoms with E-state index in [0.717, 1.165) is 55.5 Å². The highest BCUT2D eigenvalue weighted by molar-refractivity contribution is 7.99. The summed E-state index contributed by atoms with van der Waals surface area (Å²) >= 11 is 1.92. The van der Waals surface area contributed by atoms with Crippen molar-refractivity contribution >= 4 is 34.7 Å². The van der Waals surface area contributed by atoms with E-state index in [9.17, 15) is 9.59 Å². The number of fused-ring (bicyclic) bond motifs is 3. The maximum absolute atomic E-state index is 13.7. The summed E-state index contributed by atoms with van der Waals surface area (Å²) < 4.78 is 7.53. The molecule has 3 heterocycles. The SMILES string of the molecule is CCCSCCCN1C(=O)c2cc3occc3n2CC1(C)C(=O)NC1CCCCCCC1. The van der Waals surface area contributed by atoms with Gasteiger partial charge in [-0.3, -0.25) is 9.59 Å². The topological polar surface area (TPSA) is 67.5 Å². The van der Waals surface area contributed by atoms with Gasteiger partial charge in [0.25, 0.3) is 5.91 Å². The Morgan fingerprint density at radius 2 is 1.97 bits per heavy atom. The van der Waals surface area contributed by atoms with Gasteiger partial charge in [0, 0.05) is 24.7 Å². The molecule has 32 heavy (non-hydrogen) atoms. The Hall–Kier alpha value is -1.89. The van der Waals surface area contributed by atoms with E-state index in [1.165, 1.54) is 19.3 Å². The Balaban J connectivity index is 1.56. The van der Waals surface area contributed by atoms with Gasteiger partial charge in [0.2, 0.25) is 5.91 Å². The van der Waals surface area contributed by atoms with Gasteiger partial charge >= 0.3 is 0 Å². The van der Waals surface area contributed by atoms with Crippen LogP contribution in [0.25, 0.3) is 11.1 Å². The molecular formula is C25H37N3O3S. The highest BCUT2D eigenvalue weighted by Crippen LogP contribution is 2.33. The summed E-state index contributed by atoms with van der Waals surface area (Å²) in [4.78, 5) is 29.2. The molecule has 2 aliphatic rings. The summed E-state index contributed by atoms with van der Waals surface area (Å²) in [6, 6.07) is 3.91. The molecule has 0 aromatic carbocycles. The van der Waals surface area contributed by atoms with E-state index in [-0.39, 0.29) is 17.9 Å². The van der Waals surface area contributed by atoms with Crippen molar-refractivity contribution in [3.63, 3.8) is 0 Å². The summed E-state index contributed by atoms with van der Waals surface area (Å²) in [6.07, 6.45) is 11.9. The first-order valence-electron chi connectivity index (χ1n) is 12.3. The number of nitrogens with zero attached hydrogens (tertiary/aromatic N) is 2. The van der Waals surface area contributed by atoms with Crippen molar-refractivity contribution in [3.05, 3.63) is 24.1 Å². The van der Waals surface area contributed by atoms with Gasteiger partial charge in [0.15, 0.2) is 5.58 Å². The number of rotatable bonds is 8. The van der Waals surface area contributed by atoms with E-state index in [0.29, 0.717) is 24.4 Å².